The Morgan fingerprint density at radius 2 is 1.90 bits per heavy atom. The lowest BCUT2D eigenvalue weighted by molar-refractivity contribution is 0.0697. The van der Waals surface area contributed by atoms with Crippen LogP contribution in [0.2, 0.25) is 0 Å². The van der Waals surface area contributed by atoms with Crippen LogP contribution in [0.15, 0.2) is 35.4 Å². The molecular formula is C13H14N2O5S. The number of aryl methyl sites for hydroxylation is 1. The second kappa shape index (κ2) is 5.49. The molecule has 1 aromatic carbocycles. The number of methoxy groups -OCH3 is 1. The normalized spacial score (nSPS) is 11.1. The minimum Gasteiger partial charge on any atom is -0.497 e. The van der Waals surface area contributed by atoms with Crippen LogP contribution in [0.25, 0.3) is 0 Å². The quantitative estimate of drug-likeness (QED) is 0.780. The number of benzene rings is 1. The molecule has 2 aromatic rings. The smallest absolute Gasteiger partial charge is 0.339 e. The molecule has 0 amide bonds. The van der Waals surface area contributed by atoms with Crippen molar-refractivity contribution in [3.05, 3.63) is 41.7 Å². The van der Waals surface area contributed by atoms with Gasteiger partial charge in [0.2, 0.25) is 0 Å². The first-order valence-corrected chi connectivity index (χ1v) is 7.41. The second-order valence-corrected chi connectivity index (χ2v) is 5.97. The summed E-state index contributed by atoms with van der Waals surface area (Å²) >= 11 is 0. The van der Waals surface area contributed by atoms with Gasteiger partial charge in [-0.2, -0.15) is 0 Å². The van der Waals surface area contributed by atoms with Gasteiger partial charge in [0.15, 0.2) is 0 Å². The number of hydrogen-bond acceptors (Lipinski definition) is 4. The van der Waals surface area contributed by atoms with Crippen LogP contribution < -0.4 is 9.46 Å². The number of anilines is 1. The molecule has 0 aliphatic rings. The Kier molecular flexibility index (Phi) is 3.90. The fourth-order valence-corrected chi connectivity index (χ4v) is 2.90. The molecule has 0 saturated carbocycles. The van der Waals surface area contributed by atoms with Crippen LogP contribution in [-0.4, -0.2) is 31.6 Å². The Labute approximate surface area is 121 Å². The summed E-state index contributed by atoms with van der Waals surface area (Å²) in [7, 11) is -2.39. The molecule has 0 aliphatic carbocycles. The largest absolute Gasteiger partial charge is 0.497 e. The fourth-order valence-electron chi connectivity index (χ4n) is 1.84. The van der Waals surface area contributed by atoms with Crippen molar-refractivity contribution >= 4 is 21.7 Å². The third kappa shape index (κ3) is 3.00. The molecule has 0 unspecified atom stereocenters. The standard InChI is InChI=1S/C13H14N2O5S/c1-8-12(13(16)17)11(7-14-8)15-21(18,19)10-5-3-9(20-2)4-6-10/h3-7,14-15H,1-2H3,(H,16,17). The van der Waals surface area contributed by atoms with E-state index in [1.54, 1.807) is 6.92 Å². The second-order valence-electron chi connectivity index (χ2n) is 4.29. The Bertz CT molecular complexity index is 762. The summed E-state index contributed by atoms with van der Waals surface area (Å²) in [6.07, 6.45) is 1.31. The van der Waals surface area contributed by atoms with E-state index in [0.717, 1.165) is 0 Å². The molecule has 7 nitrogen and oxygen atoms in total. The van der Waals surface area contributed by atoms with Gasteiger partial charge in [-0.05, 0) is 31.2 Å². The molecule has 2 rings (SSSR count). The number of H-pyrrole nitrogens is 1. The van der Waals surface area contributed by atoms with E-state index in [4.69, 9.17) is 9.84 Å². The first-order chi connectivity index (χ1) is 9.85. The number of rotatable bonds is 5. The number of nitrogens with one attached hydrogen (secondary N) is 2. The molecule has 0 saturated heterocycles. The average Bonchev–Trinajstić information content (AvgIpc) is 2.79. The zero-order chi connectivity index (χ0) is 15.6. The summed E-state index contributed by atoms with van der Waals surface area (Å²) in [4.78, 5) is 13.8. The van der Waals surface area contributed by atoms with Gasteiger partial charge in [0, 0.05) is 11.9 Å². The van der Waals surface area contributed by atoms with Crippen LogP contribution >= 0.6 is 0 Å². The average molecular weight is 310 g/mol. The van der Waals surface area contributed by atoms with Crippen LogP contribution in [0.1, 0.15) is 16.1 Å². The van der Waals surface area contributed by atoms with Crippen molar-refractivity contribution in [1.82, 2.24) is 4.98 Å². The van der Waals surface area contributed by atoms with E-state index >= 15 is 0 Å². The monoisotopic (exact) mass is 310 g/mol. The summed E-state index contributed by atoms with van der Waals surface area (Å²) in [5.74, 6) is -0.682. The van der Waals surface area contributed by atoms with Gasteiger partial charge in [-0.15, -0.1) is 0 Å². The lowest BCUT2D eigenvalue weighted by atomic mass is 10.2. The number of aromatic nitrogens is 1. The van der Waals surface area contributed by atoms with Crippen LogP contribution in [0.5, 0.6) is 5.75 Å². The van der Waals surface area contributed by atoms with E-state index in [9.17, 15) is 13.2 Å². The number of carboxylic acid groups (broad SMARTS) is 1. The SMILES string of the molecule is COc1ccc(S(=O)(=O)Nc2c[nH]c(C)c2C(=O)O)cc1. The Hall–Kier alpha value is -2.48. The molecule has 0 atom stereocenters. The Morgan fingerprint density at radius 1 is 1.29 bits per heavy atom. The number of aromatic amines is 1. The van der Waals surface area contributed by atoms with Crippen molar-refractivity contribution in [2.24, 2.45) is 0 Å². The van der Waals surface area contributed by atoms with Crippen molar-refractivity contribution in [1.29, 1.82) is 0 Å². The summed E-state index contributed by atoms with van der Waals surface area (Å²) in [6, 6.07) is 5.77. The summed E-state index contributed by atoms with van der Waals surface area (Å²) in [5, 5.41) is 9.10. The third-order valence-electron chi connectivity index (χ3n) is 2.91. The van der Waals surface area contributed by atoms with E-state index in [1.165, 1.54) is 37.6 Å². The zero-order valence-corrected chi connectivity index (χ0v) is 12.2. The molecule has 0 fully saturated rings. The minimum absolute atomic E-state index is 0.00387. The molecule has 0 aliphatic heterocycles. The van der Waals surface area contributed by atoms with Gasteiger partial charge in [0.1, 0.15) is 11.3 Å². The molecule has 0 radical (unpaired) electrons. The topological polar surface area (TPSA) is 108 Å². The summed E-state index contributed by atoms with van der Waals surface area (Å²) < 4.78 is 31.7. The van der Waals surface area contributed by atoms with Gasteiger partial charge in [-0.1, -0.05) is 0 Å². The highest BCUT2D eigenvalue weighted by molar-refractivity contribution is 7.92. The van der Waals surface area contributed by atoms with Crippen molar-refractivity contribution in [3.8, 4) is 5.75 Å². The molecule has 3 N–H and O–H groups in total. The van der Waals surface area contributed by atoms with Crippen molar-refractivity contribution in [3.63, 3.8) is 0 Å². The van der Waals surface area contributed by atoms with Crippen molar-refractivity contribution in [2.75, 3.05) is 11.8 Å². The minimum atomic E-state index is -3.87. The molecule has 1 aromatic heterocycles. The van der Waals surface area contributed by atoms with E-state index < -0.39 is 16.0 Å². The highest BCUT2D eigenvalue weighted by Gasteiger charge is 2.21. The van der Waals surface area contributed by atoms with Crippen LogP contribution in [0.3, 0.4) is 0 Å². The first-order valence-electron chi connectivity index (χ1n) is 5.93. The fraction of sp³-hybridized carbons (Fsp3) is 0.154. The number of hydrogen-bond donors (Lipinski definition) is 3. The highest BCUT2D eigenvalue weighted by Crippen LogP contribution is 2.23. The Morgan fingerprint density at radius 3 is 2.43 bits per heavy atom. The number of ether oxygens (including phenoxy) is 1. The van der Waals surface area contributed by atoms with Crippen LogP contribution in [0.4, 0.5) is 5.69 Å². The van der Waals surface area contributed by atoms with Crippen molar-refractivity contribution < 1.29 is 23.1 Å². The molecule has 1 heterocycles. The summed E-state index contributed by atoms with van der Waals surface area (Å²) in [5.41, 5.74) is 0.262. The third-order valence-corrected chi connectivity index (χ3v) is 4.29. The molecule has 0 bridgehead atoms. The molecule has 21 heavy (non-hydrogen) atoms. The van der Waals surface area contributed by atoms with Gasteiger partial charge in [-0.3, -0.25) is 4.72 Å². The van der Waals surface area contributed by atoms with Gasteiger partial charge < -0.3 is 14.8 Å². The van der Waals surface area contributed by atoms with E-state index in [2.05, 4.69) is 9.71 Å². The number of carboxylic acids is 1. The zero-order valence-electron chi connectivity index (χ0n) is 11.4. The maximum Gasteiger partial charge on any atom is 0.339 e. The maximum atomic E-state index is 12.2. The first kappa shape index (κ1) is 14.9. The molecule has 112 valence electrons. The lowest BCUT2D eigenvalue weighted by Crippen LogP contribution is -2.14. The predicted molar refractivity (Wildman–Crippen MR) is 76.3 cm³/mol. The van der Waals surface area contributed by atoms with Crippen molar-refractivity contribution in [2.45, 2.75) is 11.8 Å². The van der Waals surface area contributed by atoms with E-state index in [-0.39, 0.29) is 16.1 Å². The number of aromatic carboxylic acids is 1. The highest BCUT2D eigenvalue weighted by atomic mass is 32.2. The van der Waals surface area contributed by atoms with Crippen LogP contribution in [-0.2, 0) is 10.0 Å². The summed E-state index contributed by atoms with van der Waals surface area (Å²) in [6.45, 7) is 1.55. The Balaban J connectivity index is 2.35. The number of sulfonamides is 1. The molecule has 0 spiro atoms. The number of carbonyl (C=O) groups is 1. The molecule has 8 heteroatoms. The van der Waals surface area contributed by atoms with E-state index in [0.29, 0.717) is 11.4 Å². The van der Waals surface area contributed by atoms with Gasteiger partial charge in [-0.25, -0.2) is 13.2 Å². The van der Waals surface area contributed by atoms with E-state index in [1.807, 2.05) is 0 Å². The maximum absolute atomic E-state index is 12.2. The molecular weight excluding hydrogens is 296 g/mol. The van der Waals surface area contributed by atoms with Crippen LogP contribution in [0, 0.1) is 6.92 Å². The van der Waals surface area contributed by atoms with Gasteiger partial charge in [0.25, 0.3) is 10.0 Å². The van der Waals surface area contributed by atoms with Gasteiger partial charge >= 0.3 is 5.97 Å². The lowest BCUT2D eigenvalue weighted by Gasteiger charge is -2.08. The predicted octanol–water partition coefficient (Wildman–Crippen LogP) is 1.83. The van der Waals surface area contributed by atoms with Gasteiger partial charge in [0.05, 0.1) is 17.7 Å².